The first kappa shape index (κ1) is 12.1. The Morgan fingerprint density at radius 1 is 1.18 bits per heavy atom. The second-order valence-electron chi connectivity index (χ2n) is 5.19. The van der Waals surface area contributed by atoms with E-state index in [-0.39, 0.29) is 5.91 Å². The fourth-order valence-electron chi connectivity index (χ4n) is 2.33. The van der Waals surface area contributed by atoms with Crippen LogP contribution in [0.4, 0.5) is 0 Å². The Kier molecular flexibility index (Phi) is 3.20. The zero-order valence-electron chi connectivity index (χ0n) is 10.8. The summed E-state index contributed by atoms with van der Waals surface area (Å²) >= 11 is 0. The third-order valence-corrected chi connectivity index (χ3v) is 3.58. The summed E-state index contributed by atoms with van der Waals surface area (Å²) < 4.78 is 0. The highest BCUT2D eigenvalue weighted by Gasteiger charge is 2.40. The van der Waals surface area contributed by atoms with Gasteiger partial charge in [0.25, 0.3) is 0 Å². The minimum Gasteiger partial charge on any atom is -0.343 e. The molecule has 0 unspecified atom stereocenters. The van der Waals surface area contributed by atoms with Crippen LogP contribution in [0.2, 0.25) is 0 Å². The average Bonchev–Trinajstić information content (AvgIpc) is 2.32. The van der Waals surface area contributed by atoms with Gasteiger partial charge < -0.3 is 4.90 Å². The Morgan fingerprint density at radius 2 is 1.82 bits per heavy atom. The van der Waals surface area contributed by atoms with Gasteiger partial charge in [-0.1, -0.05) is 30.3 Å². The number of likely N-dealkylation sites (N-methyl/N-ethyl adjacent to an activating group) is 1. The molecule has 0 atom stereocenters. The molecule has 0 bridgehead atoms. The predicted octanol–water partition coefficient (Wildman–Crippen LogP) is 1.74. The van der Waals surface area contributed by atoms with Gasteiger partial charge in [0.1, 0.15) is 0 Å². The number of piperazine rings is 1. The van der Waals surface area contributed by atoms with Crippen LogP contribution in [0.5, 0.6) is 0 Å². The highest BCUT2D eigenvalue weighted by molar-refractivity contribution is 5.86. The topological polar surface area (TPSA) is 23.6 Å². The molecular formula is C14H20N2O. The number of amides is 1. The van der Waals surface area contributed by atoms with E-state index in [1.54, 1.807) is 0 Å². The van der Waals surface area contributed by atoms with Crippen molar-refractivity contribution in [3.63, 3.8) is 0 Å². The van der Waals surface area contributed by atoms with E-state index in [0.29, 0.717) is 0 Å². The fraction of sp³-hybridized carbons (Fsp3) is 0.500. The van der Waals surface area contributed by atoms with Crippen molar-refractivity contribution in [2.75, 3.05) is 20.1 Å². The summed E-state index contributed by atoms with van der Waals surface area (Å²) in [5.74, 6) is 0.208. The Hall–Kier alpha value is -1.35. The van der Waals surface area contributed by atoms with Crippen molar-refractivity contribution in [2.24, 2.45) is 0 Å². The van der Waals surface area contributed by atoms with Crippen LogP contribution < -0.4 is 0 Å². The predicted molar refractivity (Wildman–Crippen MR) is 68.6 cm³/mol. The summed E-state index contributed by atoms with van der Waals surface area (Å²) in [7, 11) is 1.88. The molecule has 1 aliphatic heterocycles. The first-order chi connectivity index (χ1) is 8.01. The molecule has 1 aromatic carbocycles. The molecule has 1 heterocycles. The van der Waals surface area contributed by atoms with Crippen LogP contribution in [0.25, 0.3) is 0 Å². The number of hydrogen-bond donors (Lipinski definition) is 0. The van der Waals surface area contributed by atoms with Crippen LogP contribution in [-0.2, 0) is 11.3 Å². The molecule has 1 saturated heterocycles. The van der Waals surface area contributed by atoms with Gasteiger partial charge in [-0.15, -0.1) is 0 Å². The van der Waals surface area contributed by atoms with Crippen LogP contribution in [-0.4, -0.2) is 41.4 Å². The van der Waals surface area contributed by atoms with Gasteiger partial charge in [-0.3, -0.25) is 9.69 Å². The summed E-state index contributed by atoms with van der Waals surface area (Å²) in [6.07, 6.45) is 0. The van der Waals surface area contributed by atoms with E-state index in [2.05, 4.69) is 17.0 Å². The SMILES string of the molecule is CN1CCN(Cc2ccccc2)C(C)(C)C1=O. The largest absolute Gasteiger partial charge is 0.343 e. The average molecular weight is 232 g/mol. The maximum atomic E-state index is 12.1. The smallest absolute Gasteiger partial charge is 0.242 e. The standard InChI is InChI=1S/C14H20N2O/c1-14(2)13(17)15(3)9-10-16(14)11-12-7-5-4-6-8-12/h4-8H,9-11H2,1-3H3. The van der Waals surface area contributed by atoms with Crippen molar-refractivity contribution < 1.29 is 4.79 Å². The maximum absolute atomic E-state index is 12.1. The van der Waals surface area contributed by atoms with Gasteiger partial charge in [-0.25, -0.2) is 0 Å². The van der Waals surface area contributed by atoms with Crippen molar-refractivity contribution in [3.8, 4) is 0 Å². The summed E-state index contributed by atoms with van der Waals surface area (Å²) in [4.78, 5) is 16.2. The summed E-state index contributed by atoms with van der Waals surface area (Å²) in [5.41, 5.74) is 0.862. The van der Waals surface area contributed by atoms with Crippen molar-refractivity contribution >= 4 is 5.91 Å². The maximum Gasteiger partial charge on any atom is 0.242 e. The Bertz CT molecular complexity index is 400. The molecule has 1 amide bonds. The summed E-state index contributed by atoms with van der Waals surface area (Å²) in [6, 6.07) is 10.3. The molecule has 1 fully saturated rings. The van der Waals surface area contributed by atoms with E-state index in [1.807, 2.05) is 44.0 Å². The molecule has 0 aromatic heterocycles. The number of nitrogens with zero attached hydrogens (tertiary/aromatic N) is 2. The van der Waals surface area contributed by atoms with Crippen molar-refractivity contribution in [1.29, 1.82) is 0 Å². The molecule has 17 heavy (non-hydrogen) atoms. The normalized spacial score (nSPS) is 20.6. The van der Waals surface area contributed by atoms with Crippen LogP contribution in [0.15, 0.2) is 30.3 Å². The monoisotopic (exact) mass is 232 g/mol. The summed E-state index contributed by atoms with van der Waals surface area (Å²) in [5, 5.41) is 0. The van der Waals surface area contributed by atoms with Gasteiger partial charge in [0, 0.05) is 26.7 Å². The molecule has 0 spiro atoms. The number of carbonyl (C=O) groups is 1. The quantitative estimate of drug-likeness (QED) is 0.775. The van der Waals surface area contributed by atoms with E-state index < -0.39 is 5.54 Å². The molecule has 1 aliphatic rings. The molecule has 0 N–H and O–H groups in total. The second kappa shape index (κ2) is 4.49. The van der Waals surface area contributed by atoms with Gasteiger partial charge in [-0.05, 0) is 19.4 Å². The molecule has 3 heteroatoms. The highest BCUT2D eigenvalue weighted by Crippen LogP contribution is 2.23. The fourth-order valence-corrected chi connectivity index (χ4v) is 2.33. The van der Waals surface area contributed by atoms with E-state index in [0.717, 1.165) is 19.6 Å². The second-order valence-corrected chi connectivity index (χ2v) is 5.19. The molecule has 1 aromatic rings. The minimum absolute atomic E-state index is 0.208. The Balaban J connectivity index is 2.14. The van der Waals surface area contributed by atoms with Crippen molar-refractivity contribution in [3.05, 3.63) is 35.9 Å². The first-order valence-corrected chi connectivity index (χ1v) is 6.06. The van der Waals surface area contributed by atoms with Gasteiger partial charge >= 0.3 is 0 Å². The van der Waals surface area contributed by atoms with E-state index in [4.69, 9.17) is 0 Å². The lowest BCUT2D eigenvalue weighted by atomic mass is 9.97. The van der Waals surface area contributed by atoms with Crippen molar-refractivity contribution in [1.82, 2.24) is 9.80 Å². The lowest BCUT2D eigenvalue weighted by Gasteiger charge is -2.44. The summed E-state index contributed by atoms with van der Waals surface area (Å²) in [6.45, 7) is 6.61. The van der Waals surface area contributed by atoms with Crippen LogP contribution in [0, 0.1) is 0 Å². The lowest BCUT2D eigenvalue weighted by Crippen LogP contribution is -2.61. The molecule has 3 nitrogen and oxygen atoms in total. The van der Waals surface area contributed by atoms with Crippen LogP contribution in [0.1, 0.15) is 19.4 Å². The molecule has 0 radical (unpaired) electrons. The first-order valence-electron chi connectivity index (χ1n) is 6.06. The molecule has 0 aliphatic carbocycles. The van der Waals surface area contributed by atoms with Gasteiger partial charge in [0.05, 0.1) is 5.54 Å². The van der Waals surface area contributed by atoms with E-state index in [1.165, 1.54) is 5.56 Å². The van der Waals surface area contributed by atoms with E-state index >= 15 is 0 Å². The van der Waals surface area contributed by atoms with Crippen molar-refractivity contribution in [2.45, 2.75) is 25.9 Å². The third-order valence-electron chi connectivity index (χ3n) is 3.58. The highest BCUT2D eigenvalue weighted by atomic mass is 16.2. The molecular weight excluding hydrogens is 212 g/mol. The molecule has 0 saturated carbocycles. The zero-order chi connectivity index (χ0) is 12.5. The zero-order valence-corrected chi connectivity index (χ0v) is 10.8. The lowest BCUT2D eigenvalue weighted by molar-refractivity contribution is -0.147. The Morgan fingerprint density at radius 3 is 2.47 bits per heavy atom. The van der Waals surface area contributed by atoms with E-state index in [9.17, 15) is 4.79 Å². The van der Waals surface area contributed by atoms with Gasteiger partial charge in [0.2, 0.25) is 5.91 Å². The molecule has 92 valence electrons. The minimum atomic E-state index is -0.400. The van der Waals surface area contributed by atoms with Gasteiger partial charge in [-0.2, -0.15) is 0 Å². The Labute approximate surface area is 103 Å². The number of hydrogen-bond acceptors (Lipinski definition) is 2. The molecule has 2 rings (SSSR count). The number of benzene rings is 1. The van der Waals surface area contributed by atoms with Gasteiger partial charge in [0.15, 0.2) is 0 Å². The van der Waals surface area contributed by atoms with Crippen LogP contribution >= 0.6 is 0 Å². The van der Waals surface area contributed by atoms with Crippen LogP contribution in [0.3, 0.4) is 0 Å². The number of carbonyl (C=O) groups excluding carboxylic acids is 1. The third kappa shape index (κ3) is 2.34. The number of rotatable bonds is 2.